The molecule has 0 aliphatic heterocycles. The van der Waals surface area contributed by atoms with Gasteiger partial charge in [-0.3, -0.25) is 0 Å². The molecular weight excluding hydrogens is 322 g/mol. The zero-order valence-corrected chi connectivity index (χ0v) is 14.4. The van der Waals surface area contributed by atoms with Crippen LogP contribution in [-0.2, 0) is 6.42 Å². The highest BCUT2D eigenvalue weighted by Crippen LogP contribution is 2.35. The summed E-state index contributed by atoms with van der Waals surface area (Å²) in [6, 6.07) is 17.8. The normalized spacial score (nSPS) is 10.3. The Bertz CT molecular complexity index is 976. The largest absolute Gasteiger partial charge is 0.398 e. The summed E-state index contributed by atoms with van der Waals surface area (Å²) in [6.45, 7) is 3.46. The first kappa shape index (κ1) is 17.1. The van der Waals surface area contributed by atoms with Gasteiger partial charge in [0.25, 0.3) is 12.9 Å². The van der Waals surface area contributed by atoms with Crippen LogP contribution in [0.3, 0.4) is 0 Å². The molecule has 0 aliphatic carbocycles. The standard InChI is InChI=1S/C21H22N5/c1-26-9-8-13-2-4-14(5-3-13)15-6-7-17(18(22)10-15)16-11-19(23)21(25)20(24)12-16/h2-7,9-12H,1,8,22-25H2/q+1. The quantitative estimate of drug-likeness (QED) is 0.330. The third-order valence-corrected chi connectivity index (χ3v) is 4.35. The topological polar surface area (TPSA) is 118 Å². The van der Waals surface area contributed by atoms with E-state index in [0.29, 0.717) is 22.7 Å². The molecule has 0 radical (unpaired) electrons. The highest BCUT2D eigenvalue weighted by atomic mass is 14.7. The number of benzene rings is 3. The molecule has 0 aromatic heterocycles. The minimum absolute atomic E-state index is 0.396. The minimum Gasteiger partial charge on any atom is -0.398 e. The summed E-state index contributed by atoms with van der Waals surface area (Å²) < 4.78 is 3.76. The summed E-state index contributed by atoms with van der Waals surface area (Å²) >= 11 is 0. The third-order valence-electron chi connectivity index (χ3n) is 4.35. The lowest BCUT2D eigenvalue weighted by Crippen LogP contribution is -2.01. The van der Waals surface area contributed by atoms with Gasteiger partial charge in [-0.05, 0) is 40.5 Å². The fourth-order valence-electron chi connectivity index (χ4n) is 2.86. The number of hydrogen-bond donors (Lipinski definition) is 4. The number of nitrogens with two attached hydrogens (primary N) is 4. The van der Waals surface area contributed by atoms with Gasteiger partial charge in [0.2, 0.25) is 0 Å². The maximum atomic E-state index is 6.29. The lowest BCUT2D eigenvalue weighted by Gasteiger charge is -2.12. The Balaban J connectivity index is 1.94. The minimum atomic E-state index is 0.396. The molecule has 3 aromatic carbocycles. The van der Waals surface area contributed by atoms with Crippen molar-refractivity contribution in [2.75, 3.05) is 22.9 Å². The molecule has 130 valence electrons. The van der Waals surface area contributed by atoms with Crippen LogP contribution in [0.4, 0.5) is 22.7 Å². The lowest BCUT2D eigenvalue weighted by atomic mass is 9.97. The fraction of sp³-hybridized carbons (Fsp3) is 0.0476. The van der Waals surface area contributed by atoms with Crippen LogP contribution in [0, 0.1) is 0 Å². The first-order chi connectivity index (χ1) is 12.5. The Morgan fingerprint density at radius 1 is 0.731 bits per heavy atom. The van der Waals surface area contributed by atoms with Gasteiger partial charge in [0, 0.05) is 11.3 Å². The van der Waals surface area contributed by atoms with Gasteiger partial charge in [0.05, 0.1) is 23.5 Å². The second kappa shape index (κ2) is 7.05. The van der Waals surface area contributed by atoms with Crippen LogP contribution in [0.1, 0.15) is 5.56 Å². The van der Waals surface area contributed by atoms with Gasteiger partial charge in [-0.25, -0.2) is 0 Å². The Kier molecular flexibility index (Phi) is 4.65. The van der Waals surface area contributed by atoms with Crippen LogP contribution in [0.5, 0.6) is 0 Å². The van der Waals surface area contributed by atoms with Crippen LogP contribution in [-0.4, -0.2) is 12.9 Å². The second-order valence-electron chi connectivity index (χ2n) is 6.14. The maximum Gasteiger partial charge on any atom is 0.272 e. The predicted molar refractivity (Wildman–Crippen MR) is 114 cm³/mol. The Morgan fingerprint density at radius 3 is 1.88 bits per heavy atom. The number of nitrogen functional groups attached to an aromatic ring is 4. The molecule has 3 aromatic rings. The van der Waals surface area contributed by atoms with Crippen molar-refractivity contribution in [3.05, 3.63) is 60.2 Å². The molecular formula is C21H22N5+. The lowest BCUT2D eigenvalue weighted by molar-refractivity contribution is 1.35. The van der Waals surface area contributed by atoms with E-state index in [1.54, 1.807) is 18.3 Å². The Hall–Kier alpha value is -3.69. The molecule has 0 spiro atoms. The van der Waals surface area contributed by atoms with E-state index in [9.17, 15) is 0 Å². The number of anilines is 4. The summed E-state index contributed by atoms with van der Waals surface area (Å²) in [5.74, 6) is 0. The Labute approximate surface area is 152 Å². The molecule has 0 unspecified atom stereocenters. The van der Waals surface area contributed by atoms with E-state index in [0.717, 1.165) is 28.7 Å². The van der Waals surface area contributed by atoms with E-state index >= 15 is 0 Å². The van der Waals surface area contributed by atoms with Gasteiger partial charge in [-0.15, -0.1) is 4.67 Å². The van der Waals surface area contributed by atoms with Crippen molar-refractivity contribution in [2.24, 2.45) is 0 Å². The molecule has 5 heteroatoms. The molecule has 5 nitrogen and oxygen atoms in total. The molecule has 0 heterocycles. The zero-order chi connectivity index (χ0) is 18.7. The third kappa shape index (κ3) is 3.38. The molecule has 0 saturated carbocycles. The fourth-order valence-corrected chi connectivity index (χ4v) is 2.86. The number of hydrogen-bond acceptors (Lipinski definition) is 4. The van der Waals surface area contributed by atoms with Gasteiger partial charge in [-0.2, -0.15) is 0 Å². The molecule has 0 fully saturated rings. The monoisotopic (exact) mass is 344 g/mol. The van der Waals surface area contributed by atoms with Crippen LogP contribution in [0.2, 0.25) is 0 Å². The van der Waals surface area contributed by atoms with Gasteiger partial charge in [0.1, 0.15) is 0 Å². The molecule has 0 atom stereocenters. The second-order valence-corrected chi connectivity index (χ2v) is 6.14. The van der Waals surface area contributed by atoms with Crippen molar-refractivity contribution in [2.45, 2.75) is 6.42 Å². The summed E-state index contributed by atoms with van der Waals surface area (Å²) in [7, 11) is 0. The molecule has 0 saturated heterocycles. The molecule has 3 rings (SSSR count). The van der Waals surface area contributed by atoms with E-state index in [1.165, 1.54) is 5.56 Å². The highest BCUT2D eigenvalue weighted by molar-refractivity contribution is 5.89. The molecule has 0 bridgehead atoms. The first-order valence-electron chi connectivity index (χ1n) is 8.21. The molecule has 8 N–H and O–H groups in total. The predicted octanol–water partition coefficient (Wildman–Crippen LogP) is 2.73. The van der Waals surface area contributed by atoms with Gasteiger partial charge in [-0.1, -0.05) is 36.4 Å². The average molecular weight is 344 g/mol. The summed E-state index contributed by atoms with van der Waals surface area (Å²) in [5.41, 5.74) is 30.9. The molecule has 0 aliphatic rings. The van der Waals surface area contributed by atoms with Gasteiger partial charge >= 0.3 is 0 Å². The van der Waals surface area contributed by atoms with Crippen molar-refractivity contribution < 1.29 is 0 Å². The summed E-state index contributed by atoms with van der Waals surface area (Å²) in [6.07, 6.45) is 2.55. The van der Waals surface area contributed by atoms with E-state index in [2.05, 4.69) is 35.7 Å². The summed E-state index contributed by atoms with van der Waals surface area (Å²) in [5, 5.41) is 0. The highest BCUT2D eigenvalue weighted by Gasteiger charge is 2.09. The smallest absolute Gasteiger partial charge is 0.272 e. The van der Waals surface area contributed by atoms with E-state index < -0.39 is 0 Å². The van der Waals surface area contributed by atoms with E-state index in [1.807, 2.05) is 18.2 Å². The molecule has 26 heavy (non-hydrogen) atoms. The maximum absolute atomic E-state index is 6.29. The molecule has 0 amide bonds. The van der Waals surface area contributed by atoms with Crippen LogP contribution in [0.25, 0.3) is 22.3 Å². The van der Waals surface area contributed by atoms with Crippen LogP contribution in [0.15, 0.2) is 54.6 Å². The van der Waals surface area contributed by atoms with Crippen molar-refractivity contribution in [1.82, 2.24) is 4.67 Å². The van der Waals surface area contributed by atoms with Crippen LogP contribution >= 0.6 is 0 Å². The van der Waals surface area contributed by atoms with Gasteiger partial charge in [0.15, 0.2) is 0 Å². The van der Waals surface area contributed by atoms with E-state index in [-0.39, 0.29) is 0 Å². The number of rotatable bonds is 4. The summed E-state index contributed by atoms with van der Waals surface area (Å²) in [4.78, 5) is 0. The van der Waals surface area contributed by atoms with Crippen molar-refractivity contribution in [3.8, 4) is 22.3 Å². The van der Waals surface area contributed by atoms with Crippen molar-refractivity contribution in [3.63, 3.8) is 0 Å². The van der Waals surface area contributed by atoms with Crippen molar-refractivity contribution in [1.29, 1.82) is 0 Å². The Morgan fingerprint density at radius 2 is 1.31 bits per heavy atom. The zero-order valence-electron chi connectivity index (χ0n) is 14.4. The number of nitrogens with zero attached hydrogens (tertiary/aromatic N) is 1. The van der Waals surface area contributed by atoms with Gasteiger partial charge < -0.3 is 22.9 Å². The van der Waals surface area contributed by atoms with Crippen LogP contribution < -0.4 is 27.6 Å². The van der Waals surface area contributed by atoms with Crippen molar-refractivity contribution >= 4 is 35.7 Å². The first-order valence-corrected chi connectivity index (χ1v) is 8.21. The average Bonchev–Trinajstić information content (AvgIpc) is 2.64. The SMILES string of the molecule is C=[N+]=CCc1ccc(-c2ccc(-c3cc(N)c(N)c(N)c3)c(N)c2)cc1. The van der Waals surface area contributed by atoms with E-state index in [4.69, 9.17) is 22.9 Å².